The third-order valence-electron chi connectivity index (χ3n) is 2.62. The van der Waals surface area contributed by atoms with Gasteiger partial charge in [-0.05, 0) is 31.0 Å². The molecule has 2 aromatic rings. The van der Waals surface area contributed by atoms with Crippen molar-refractivity contribution in [1.82, 2.24) is 4.57 Å². The monoisotopic (exact) mass is 219 g/mol. The zero-order valence-electron chi connectivity index (χ0n) is 9.32. The second-order valence-electron chi connectivity index (χ2n) is 3.93. The van der Waals surface area contributed by atoms with Crippen molar-refractivity contribution >= 4 is 16.9 Å². The lowest BCUT2D eigenvalue weighted by atomic mass is 10.1. The van der Waals surface area contributed by atoms with Crippen molar-refractivity contribution in [3.63, 3.8) is 0 Å². The Labute approximate surface area is 92.5 Å². The van der Waals surface area contributed by atoms with Crippen LogP contribution in [-0.2, 0) is 18.3 Å². The molecule has 0 spiro atoms. The summed E-state index contributed by atoms with van der Waals surface area (Å²) in [6, 6.07) is 5.58. The number of oxazole rings is 1. The molecule has 0 saturated carbocycles. The van der Waals surface area contributed by atoms with E-state index in [4.69, 9.17) is 4.42 Å². The van der Waals surface area contributed by atoms with E-state index in [0.717, 1.165) is 11.1 Å². The fourth-order valence-corrected chi connectivity index (χ4v) is 1.65. The highest BCUT2D eigenvalue weighted by molar-refractivity contribution is 5.76. The van der Waals surface area contributed by atoms with E-state index in [2.05, 4.69) is 0 Å². The van der Waals surface area contributed by atoms with Crippen molar-refractivity contribution < 1.29 is 9.21 Å². The van der Waals surface area contributed by atoms with Crippen molar-refractivity contribution in [2.24, 2.45) is 7.05 Å². The van der Waals surface area contributed by atoms with E-state index >= 15 is 0 Å². The number of hydrogen-bond donors (Lipinski definition) is 0. The molecule has 0 aliphatic heterocycles. The average molecular weight is 219 g/mol. The van der Waals surface area contributed by atoms with Gasteiger partial charge >= 0.3 is 5.76 Å². The number of nitrogens with zero attached hydrogens (tertiary/aromatic N) is 1. The van der Waals surface area contributed by atoms with E-state index in [0.29, 0.717) is 18.4 Å². The maximum Gasteiger partial charge on any atom is 0.419 e. The summed E-state index contributed by atoms with van der Waals surface area (Å²) in [6.45, 7) is 1.57. The molecule has 0 bridgehead atoms. The Bertz CT molecular complexity index is 592. The smallest absolute Gasteiger partial charge is 0.408 e. The van der Waals surface area contributed by atoms with E-state index < -0.39 is 0 Å². The quantitative estimate of drug-likeness (QED) is 0.788. The predicted octanol–water partition coefficient (Wildman–Crippen LogP) is 1.65. The molecule has 0 aliphatic carbocycles. The Kier molecular flexibility index (Phi) is 2.64. The first kappa shape index (κ1) is 10.7. The largest absolute Gasteiger partial charge is 0.419 e. The Morgan fingerprint density at radius 3 is 2.88 bits per heavy atom. The molecular formula is C12H13NO3. The third kappa shape index (κ3) is 1.91. The standard InChI is InChI=1S/C12H13NO3/c1-8(14)3-4-9-5-6-10-11(7-9)16-12(15)13(10)2/h5-7H,3-4H2,1-2H3. The van der Waals surface area contributed by atoms with Crippen LogP contribution in [-0.4, -0.2) is 10.4 Å². The van der Waals surface area contributed by atoms with E-state index in [1.165, 1.54) is 4.57 Å². The van der Waals surface area contributed by atoms with Crippen molar-refractivity contribution in [3.05, 3.63) is 34.3 Å². The summed E-state index contributed by atoms with van der Waals surface area (Å²) in [5.41, 5.74) is 2.36. The number of carbonyl (C=O) groups is 1. The van der Waals surface area contributed by atoms with Crippen LogP contribution < -0.4 is 5.76 Å². The lowest BCUT2D eigenvalue weighted by Crippen LogP contribution is -2.08. The van der Waals surface area contributed by atoms with Crippen LogP contribution in [0, 0.1) is 0 Å². The minimum absolute atomic E-state index is 0.162. The van der Waals surface area contributed by atoms with E-state index in [-0.39, 0.29) is 11.5 Å². The summed E-state index contributed by atoms with van der Waals surface area (Å²) in [7, 11) is 1.67. The van der Waals surface area contributed by atoms with Gasteiger partial charge in [-0.2, -0.15) is 0 Å². The number of benzene rings is 1. The normalized spacial score (nSPS) is 10.9. The van der Waals surface area contributed by atoms with Crippen LogP contribution in [0.2, 0.25) is 0 Å². The number of rotatable bonds is 3. The highest BCUT2D eigenvalue weighted by atomic mass is 16.4. The molecule has 0 atom stereocenters. The maximum absolute atomic E-state index is 11.3. The van der Waals surface area contributed by atoms with Gasteiger partial charge in [-0.25, -0.2) is 4.79 Å². The van der Waals surface area contributed by atoms with Crippen molar-refractivity contribution in [3.8, 4) is 0 Å². The van der Waals surface area contributed by atoms with Crippen LogP contribution in [0.4, 0.5) is 0 Å². The first-order valence-electron chi connectivity index (χ1n) is 5.16. The molecule has 0 radical (unpaired) electrons. The van der Waals surface area contributed by atoms with Gasteiger partial charge in [-0.3, -0.25) is 4.57 Å². The summed E-state index contributed by atoms with van der Waals surface area (Å²) in [5.74, 6) is -0.201. The summed E-state index contributed by atoms with van der Waals surface area (Å²) >= 11 is 0. The molecular weight excluding hydrogens is 206 g/mol. The number of fused-ring (bicyclic) bond motifs is 1. The summed E-state index contributed by atoms with van der Waals surface area (Å²) < 4.78 is 6.53. The Balaban J connectivity index is 2.37. The number of hydrogen-bond acceptors (Lipinski definition) is 3. The number of Topliss-reactive ketones (excluding diaryl/α,β-unsaturated/α-hetero) is 1. The molecule has 0 unspecified atom stereocenters. The van der Waals surface area contributed by atoms with Crippen LogP contribution in [0.25, 0.3) is 11.1 Å². The zero-order chi connectivity index (χ0) is 11.7. The van der Waals surface area contributed by atoms with E-state index in [1.807, 2.05) is 18.2 Å². The highest BCUT2D eigenvalue weighted by Gasteiger charge is 2.06. The van der Waals surface area contributed by atoms with Gasteiger partial charge in [-0.1, -0.05) is 6.07 Å². The Morgan fingerprint density at radius 2 is 2.19 bits per heavy atom. The maximum atomic E-state index is 11.3. The van der Waals surface area contributed by atoms with Crippen LogP contribution in [0.1, 0.15) is 18.9 Å². The molecule has 0 saturated heterocycles. The average Bonchev–Trinajstić information content (AvgIpc) is 2.52. The topological polar surface area (TPSA) is 52.2 Å². The van der Waals surface area contributed by atoms with Crippen LogP contribution in [0.3, 0.4) is 0 Å². The highest BCUT2D eigenvalue weighted by Crippen LogP contribution is 2.15. The van der Waals surface area contributed by atoms with Gasteiger partial charge in [0.1, 0.15) is 5.78 Å². The lowest BCUT2D eigenvalue weighted by molar-refractivity contribution is -0.116. The van der Waals surface area contributed by atoms with Gasteiger partial charge in [-0.15, -0.1) is 0 Å². The van der Waals surface area contributed by atoms with Crippen molar-refractivity contribution in [2.75, 3.05) is 0 Å². The molecule has 1 aromatic heterocycles. The van der Waals surface area contributed by atoms with E-state index in [9.17, 15) is 9.59 Å². The second kappa shape index (κ2) is 3.96. The second-order valence-corrected chi connectivity index (χ2v) is 3.93. The third-order valence-corrected chi connectivity index (χ3v) is 2.62. The first-order valence-corrected chi connectivity index (χ1v) is 5.16. The predicted molar refractivity (Wildman–Crippen MR) is 60.5 cm³/mol. The van der Waals surface area contributed by atoms with Crippen LogP contribution >= 0.6 is 0 Å². The molecule has 1 heterocycles. The van der Waals surface area contributed by atoms with Gasteiger partial charge in [0.05, 0.1) is 5.52 Å². The minimum atomic E-state index is -0.362. The summed E-state index contributed by atoms with van der Waals surface area (Å²) in [5, 5.41) is 0. The SMILES string of the molecule is CC(=O)CCc1ccc2c(c1)oc(=O)n2C. The first-order chi connectivity index (χ1) is 7.58. The fraction of sp³-hybridized carbons (Fsp3) is 0.333. The molecule has 0 fully saturated rings. The summed E-state index contributed by atoms with van der Waals surface area (Å²) in [6.07, 6.45) is 1.20. The summed E-state index contributed by atoms with van der Waals surface area (Å²) in [4.78, 5) is 22.1. The molecule has 1 aromatic carbocycles. The van der Waals surface area contributed by atoms with Crippen molar-refractivity contribution in [2.45, 2.75) is 19.8 Å². The number of aryl methyl sites for hydroxylation is 2. The molecule has 2 rings (SSSR count). The van der Waals surface area contributed by atoms with Crippen molar-refractivity contribution in [1.29, 1.82) is 0 Å². The van der Waals surface area contributed by atoms with Crippen LogP contribution in [0.5, 0.6) is 0 Å². The number of carbonyl (C=O) groups excluding carboxylic acids is 1. The van der Waals surface area contributed by atoms with Crippen LogP contribution in [0.15, 0.2) is 27.4 Å². The molecule has 0 N–H and O–H groups in total. The molecule has 0 aliphatic rings. The molecule has 4 heteroatoms. The van der Waals surface area contributed by atoms with Gasteiger partial charge in [0.25, 0.3) is 0 Å². The minimum Gasteiger partial charge on any atom is -0.408 e. The number of aromatic nitrogens is 1. The lowest BCUT2D eigenvalue weighted by Gasteiger charge is -1.98. The van der Waals surface area contributed by atoms with Gasteiger partial charge in [0.2, 0.25) is 0 Å². The molecule has 4 nitrogen and oxygen atoms in total. The van der Waals surface area contributed by atoms with Gasteiger partial charge in [0.15, 0.2) is 5.58 Å². The zero-order valence-corrected chi connectivity index (χ0v) is 9.32. The molecule has 84 valence electrons. The fourth-order valence-electron chi connectivity index (χ4n) is 1.65. The van der Waals surface area contributed by atoms with E-state index in [1.54, 1.807) is 14.0 Å². The molecule has 16 heavy (non-hydrogen) atoms. The Morgan fingerprint density at radius 1 is 1.44 bits per heavy atom. The molecule has 0 amide bonds. The van der Waals surface area contributed by atoms with Gasteiger partial charge < -0.3 is 9.21 Å². The van der Waals surface area contributed by atoms with Gasteiger partial charge in [0, 0.05) is 13.5 Å². The Hall–Kier alpha value is -1.84. The number of ketones is 1.